The first-order valence-corrected chi connectivity index (χ1v) is 11.1. The highest BCUT2D eigenvalue weighted by Crippen LogP contribution is 2.38. The van der Waals surface area contributed by atoms with Gasteiger partial charge in [-0.2, -0.15) is 13.2 Å². The highest BCUT2D eigenvalue weighted by atomic mass is 19.4. The van der Waals surface area contributed by atoms with Gasteiger partial charge in [-0.15, -0.1) is 0 Å². The van der Waals surface area contributed by atoms with Crippen LogP contribution in [0.4, 0.5) is 13.2 Å². The molecule has 0 radical (unpaired) electrons. The number of hydrogen-bond acceptors (Lipinski definition) is 2. The molecule has 3 heterocycles. The van der Waals surface area contributed by atoms with Crippen LogP contribution in [0.5, 0.6) is 0 Å². The zero-order valence-corrected chi connectivity index (χ0v) is 17.9. The fraction of sp³-hybridized carbons (Fsp3) is 0.400. The van der Waals surface area contributed by atoms with Crippen molar-refractivity contribution in [2.24, 2.45) is 7.05 Å². The van der Waals surface area contributed by atoms with Crippen LogP contribution in [0, 0.1) is 0 Å². The largest absolute Gasteiger partial charge is 0.401 e. The van der Waals surface area contributed by atoms with Crippen molar-refractivity contribution in [3.8, 4) is 11.3 Å². The van der Waals surface area contributed by atoms with Gasteiger partial charge in [-0.3, -0.25) is 9.69 Å². The average Bonchev–Trinajstić information content (AvgIpc) is 3.16. The first kappa shape index (κ1) is 21.1. The Hall–Kier alpha value is -2.80. The van der Waals surface area contributed by atoms with Crippen LogP contribution in [0.1, 0.15) is 36.0 Å². The van der Waals surface area contributed by atoms with Gasteiger partial charge >= 0.3 is 6.18 Å². The minimum atomic E-state index is -4.19. The molecule has 0 aliphatic carbocycles. The molecule has 2 aromatic carbocycles. The minimum Gasteiger partial charge on any atom is -0.349 e. The van der Waals surface area contributed by atoms with Gasteiger partial charge in [-0.05, 0) is 37.3 Å². The Morgan fingerprint density at radius 3 is 2.28 bits per heavy atom. The molecule has 2 fully saturated rings. The highest BCUT2D eigenvalue weighted by Gasteiger charge is 2.45. The number of nitrogens with zero attached hydrogens (tertiary/aromatic N) is 2. The fourth-order valence-electron chi connectivity index (χ4n) is 5.67. The molecule has 168 valence electrons. The van der Waals surface area contributed by atoms with Gasteiger partial charge in [0.15, 0.2) is 0 Å². The number of hydrogen-bond donors (Lipinski definition) is 1. The summed E-state index contributed by atoms with van der Waals surface area (Å²) >= 11 is 0. The Kier molecular flexibility index (Phi) is 5.24. The van der Waals surface area contributed by atoms with E-state index in [1.807, 2.05) is 66.2 Å². The van der Waals surface area contributed by atoms with Gasteiger partial charge in [-0.25, -0.2) is 0 Å². The van der Waals surface area contributed by atoms with Crippen molar-refractivity contribution in [1.82, 2.24) is 14.8 Å². The van der Waals surface area contributed by atoms with E-state index in [1.54, 1.807) is 4.90 Å². The third-order valence-corrected chi connectivity index (χ3v) is 6.96. The normalized spacial score (nSPS) is 23.6. The number of alkyl halides is 3. The van der Waals surface area contributed by atoms with E-state index in [0.29, 0.717) is 18.4 Å². The van der Waals surface area contributed by atoms with Crippen molar-refractivity contribution in [3.05, 3.63) is 60.2 Å². The molecule has 1 aromatic heterocycles. The Morgan fingerprint density at radius 2 is 1.62 bits per heavy atom. The van der Waals surface area contributed by atoms with Gasteiger partial charge < -0.3 is 9.88 Å². The first-order valence-electron chi connectivity index (χ1n) is 11.1. The summed E-state index contributed by atoms with van der Waals surface area (Å²) in [5, 5.41) is 4.05. The second-order valence-electron chi connectivity index (χ2n) is 8.98. The van der Waals surface area contributed by atoms with Gasteiger partial charge in [0, 0.05) is 36.1 Å². The molecule has 5 rings (SSSR count). The molecular weight excluding hydrogens is 415 g/mol. The number of halogens is 3. The summed E-state index contributed by atoms with van der Waals surface area (Å²) in [6.07, 6.45) is -1.55. The first-order chi connectivity index (χ1) is 15.3. The molecule has 3 aromatic rings. The highest BCUT2D eigenvalue weighted by molar-refractivity contribution is 6.12. The molecule has 2 aliphatic heterocycles. The standard InChI is InChI=1S/C25H26F3N3O/c1-30-21-10-6-5-9-20(21)22(23(30)16-7-3-2-4-8-16)24(32)29-17-13-18-11-12-19(14-17)31(18)15-25(26,27)28/h2-10,17-19H,11-15H2,1H3,(H,29,32)/t17?,18-,19+. The average molecular weight is 441 g/mol. The molecule has 0 saturated carbocycles. The van der Waals surface area contributed by atoms with Crippen molar-refractivity contribution in [3.63, 3.8) is 0 Å². The van der Waals surface area contributed by atoms with Crippen LogP contribution in [-0.2, 0) is 7.05 Å². The summed E-state index contributed by atoms with van der Waals surface area (Å²) in [5.41, 5.74) is 3.40. The molecule has 1 unspecified atom stereocenters. The maximum atomic E-state index is 13.6. The molecule has 2 aliphatic rings. The van der Waals surface area contributed by atoms with E-state index in [4.69, 9.17) is 0 Å². The lowest BCUT2D eigenvalue weighted by atomic mass is 9.96. The number of aryl methyl sites for hydroxylation is 1. The smallest absolute Gasteiger partial charge is 0.349 e. The number of fused-ring (bicyclic) bond motifs is 3. The summed E-state index contributed by atoms with van der Waals surface area (Å²) in [7, 11) is 1.96. The molecule has 7 heteroatoms. The van der Waals surface area contributed by atoms with Crippen molar-refractivity contribution in [2.75, 3.05) is 6.54 Å². The quantitative estimate of drug-likeness (QED) is 0.609. The molecule has 2 bridgehead atoms. The lowest BCUT2D eigenvalue weighted by Crippen LogP contribution is -2.52. The van der Waals surface area contributed by atoms with Crippen LogP contribution >= 0.6 is 0 Å². The zero-order chi connectivity index (χ0) is 22.5. The predicted molar refractivity (Wildman–Crippen MR) is 118 cm³/mol. The van der Waals surface area contributed by atoms with Crippen LogP contribution in [0.25, 0.3) is 22.2 Å². The maximum absolute atomic E-state index is 13.6. The second kappa shape index (κ2) is 7.96. The van der Waals surface area contributed by atoms with E-state index in [1.165, 1.54) is 0 Å². The number of benzene rings is 2. The molecule has 3 atom stereocenters. The summed E-state index contributed by atoms with van der Waals surface area (Å²) in [5.74, 6) is -0.158. The fourth-order valence-corrected chi connectivity index (χ4v) is 5.67. The third kappa shape index (κ3) is 3.79. The number of amides is 1. The monoisotopic (exact) mass is 441 g/mol. The lowest BCUT2D eigenvalue weighted by Gasteiger charge is -2.39. The zero-order valence-electron chi connectivity index (χ0n) is 17.9. The molecule has 1 amide bonds. The summed E-state index contributed by atoms with van der Waals surface area (Å²) in [6.45, 7) is -0.857. The van der Waals surface area contributed by atoms with Crippen molar-refractivity contribution in [1.29, 1.82) is 0 Å². The molecule has 32 heavy (non-hydrogen) atoms. The van der Waals surface area contributed by atoms with Crippen LogP contribution < -0.4 is 5.32 Å². The van der Waals surface area contributed by atoms with Gasteiger partial charge in [0.05, 0.1) is 17.8 Å². The van der Waals surface area contributed by atoms with Crippen LogP contribution in [0.15, 0.2) is 54.6 Å². The Morgan fingerprint density at radius 1 is 1.00 bits per heavy atom. The van der Waals surface area contributed by atoms with Gasteiger partial charge in [0.2, 0.25) is 0 Å². The summed E-state index contributed by atoms with van der Waals surface area (Å²) < 4.78 is 41.0. The van der Waals surface area contributed by atoms with E-state index in [0.717, 1.165) is 35.0 Å². The topological polar surface area (TPSA) is 37.3 Å². The van der Waals surface area contributed by atoms with Crippen molar-refractivity contribution < 1.29 is 18.0 Å². The van der Waals surface area contributed by atoms with E-state index < -0.39 is 12.7 Å². The Balaban J connectivity index is 1.43. The van der Waals surface area contributed by atoms with E-state index in [2.05, 4.69) is 5.32 Å². The maximum Gasteiger partial charge on any atom is 0.401 e. The number of nitrogens with one attached hydrogen (secondary N) is 1. The molecule has 0 spiro atoms. The van der Waals surface area contributed by atoms with Crippen molar-refractivity contribution in [2.45, 2.75) is 50.0 Å². The Labute approximate surface area is 185 Å². The van der Waals surface area contributed by atoms with E-state index in [9.17, 15) is 18.0 Å². The minimum absolute atomic E-state index is 0.118. The number of aromatic nitrogens is 1. The number of para-hydroxylation sites is 1. The second-order valence-corrected chi connectivity index (χ2v) is 8.98. The SMILES string of the molecule is Cn1c(-c2ccccc2)c(C(=O)NC2C[C@H]3CC[C@@H](C2)N3CC(F)(F)F)c2ccccc21. The number of carbonyl (C=O) groups excluding carboxylic acids is 1. The van der Waals surface area contributed by atoms with Gasteiger partial charge in [0.1, 0.15) is 0 Å². The third-order valence-electron chi connectivity index (χ3n) is 6.96. The summed E-state index contributed by atoms with van der Waals surface area (Å²) in [6, 6.07) is 17.3. The van der Waals surface area contributed by atoms with Gasteiger partial charge in [-0.1, -0.05) is 48.5 Å². The lowest BCUT2D eigenvalue weighted by molar-refractivity contribution is -0.155. The van der Waals surface area contributed by atoms with E-state index in [-0.39, 0.29) is 24.0 Å². The molecule has 4 nitrogen and oxygen atoms in total. The van der Waals surface area contributed by atoms with E-state index >= 15 is 0 Å². The van der Waals surface area contributed by atoms with Gasteiger partial charge in [0.25, 0.3) is 5.91 Å². The Bertz CT molecular complexity index is 1120. The van der Waals surface area contributed by atoms with Crippen LogP contribution in [0.3, 0.4) is 0 Å². The van der Waals surface area contributed by atoms with Crippen LogP contribution in [-0.4, -0.2) is 46.2 Å². The predicted octanol–water partition coefficient (Wildman–Crippen LogP) is 5.13. The number of rotatable bonds is 4. The molecule has 2 saturated heterocycles. The summed E-state index contributed by atoms with van der Waals surface area (Å²) in [4.78, 5) is 15.2. The van der Waals surface area contributed by atoms with Crippen LogP contribution in [0.2, 0.25) is 0 Å². The van der Waals surface area contributed by atoms with Crippen molar-refractivity contribution >= 4 is 16.8 Å². The molecule has 1 N–H and O–H groups in total. The molecular formula is C25H26F3N3O. The number of piperidine rings is 1. The number of carbonyl (C=O) groups is 1.